The van der Waals surface area contributed by atoms with Gasteiger partial charge in [-0.1, -0.05) is 18.2 Å². The maximum absolute atomic E-state index is 12.8. The molecule has 0 aliphatic carbocycles. The minimum absolute atomic E-state index is 0.0176. The molecule has 0 fully saturated rings. The molecule has 34 heavy (non-hydrogen) atoms. The van der Waals surface area contributed by atoms with Crippen molar-refractivity contribution in [3.8, 4) is 11.5 Å². The van der Waals surface area contributed by atoms with Gasteiger partial charge in [0.2, 0.25) is 0 Å². The van der Waals surface area contributed by atoms with Crippen molar-refractivity contribution in [1.82, 2.24) is 0 Å². The van der Waals surface area contributed by atoms with Crippen LogP contribution in [0.4, 0.5) is 13.2 Å². The van der Waals surface area contributed by atoms with Crippen LogP contribution >= 0.6 is 0 Å². The molecule has 2 aromatic carbocycles. The van der Waals surface area contributed by atoms with Crippen molar-refractivity contribution in [3.63, 3.8) is 0 Å². The van der Waals surface area contributed by atoms with Crippen LogP contribution in [0.25, 0.3) is 0 Å². The van der Waals surface area contributed by atoms with Gasteiger partial charge in [-0.2, -0.15) is 13.2 Å². The number of benzene rings is 2. The quantitative estimate of drug-likeness (QED) is 0.311. The fraction of sp³-hybridized carbons (Fsp3) is 0.292. The molecule has 0 atom stereocenters. The number of carboxylic acid groups (broad SMARTS) is 1. The third kappa shape index (κ3) is 7.36. The number of halogens is 3. The summed E-state index contributed by atoms with van der Waals surface area (Å²) in [6.07, 6.45) is -2.90. The van der Waals surface area contributed by atoms with E-state index in [4.69, 9.17) is 15.2 Å². The molecule has 7 nitrogen and oxygen atoms in total. The van der Waals surface area contributed by atoms with Gasteiger partial charge in [-0.05, 0) is 56.7 Å². The van der Waals surface area contributed by atoms with Gasteiger partial charge in [0.1, 0.15) is 23.9 Å². The van der Waals surface area contributed by atoms with Crippen molar-refractivity contribution in [2.24, 2.45) is 15.7 Å². The van der Waals surface area contributed by atoms with Gasteiger partial charge in [0.05, 0.1) is 12.1 Å². The first-order chi connectivity index (χ1) is 15.8. The Morgan fingerprint density at radius 3 is 2.35 bits per heavy atom. The Kier molecular flexibility index (Phi) is 8.45. The molecule has 2 rings (SSSR count). The van der Waals surface area contributed by atoms with Crippen molar-refractivity contribution in [1.29, 1.82) is 0 Å². The summed E-state index contributed by atoms with van der Waals surface area (Å²) >= 11 is 0. The fourth-order valence-corrected chi connectivity index (χ4v) is 2.61. The molecule has 0 amide bonds. The number of carboxylic acids is 1. The van der Waals surface area contributed by atoms with Crippen LogP contribution in [0.1, 0.15) is 30.5 Å². The molecule has 10 heteroatoms. The zero-order valence-electron chi connectivity index (χ0n) is 19.0. The summed E-state index contributed by atoms with van der Waals surface area (Å²) in [5, 5.41) is 9.23. The van der Waals surface area contributed by atoms with Crippen molar-refractivity contribution >= 4 is 17.6 Å². The van der Waals surface area contributed by atoms with Crippen LogP contribution in [0.15, 0.2) is 65.1 Å². The number of alkyl halides is 3. The number of carbonyl (C=O) groups is 1. The number of hydrogen-bond donors (Lipinski definition) is 2. The van der Waals surface area contributed by atoms with Gasteiger partial charge in [-0.15, -0.1) is 6.58 Å². The molecule has 0 saturated carbocycles. The second-order valence-corrected chi connectivity index (χ2v) is 7.75. The Balaban J connectivity index is 2.16. The van der Waals surface area contributed by atoms with E-state index >= 15 is 0 Å². The van der Waals surface area contributed by atoms with Crippen molar-refractivity contribution in [2.45, 2.75) is 32.5 Å². The smallest absolute Gasteiger partial charge is 0.416 e. The molecule has 3 N–H and O–H groups in total. The van der Waals surface area contributed by atoms with Gasteiger partial charge in [0, 0.05) is 5.56 Å². The second-order valence-electron chi connectivity index (χ2n) is 7.75. The lowest BCUT2D eigenvalue weighted by Gasteiger charge is -2.23. The number of rotatable bonds is 9. The van der Waals surface area contributed by atoms with Crippen LogP contribution < -0.4 is 15.2 Å². The fourth-order valence-electron chi connectivity index (χ4n) is 2.61. The van der Waals surface area contributed by atoms with Gasteiger partial charge in [0.25, 0.3) is 0 Å². The molecular weight excluding hydrogens is 451 g/mol. The Morgan fingerprint density at radius 1 is 1.18 bits per heavy atom. The molecule has 0 saturated heterocycles. The molecule has 0 spiro atoms. The molecule has 0 radical (unpaired) electrons. The van der Waals surface area contributed by atoms with E-state index in [-0.39, 0.29) is 24.8 Å². The predicted octanol–water partition coefficient (Wildman–Crippen LogP) is 4.62. The molecule has 0 aromatic heterocycles. The molecule has 182 valence electrons. The lowest BCUT2D eigenvalue weighted by atomic mass is 10.1. The van der Waals surface area contributed by atoms with Crippen LogP contribution in [-0.4, -0.2) is 41.5 Å². The van der Waals surface area contributed by atoms with E-state index in [9.17, 15) is 23.1 Å². The van der Waals surface area contributed by atoms with Crippen LogP contribution in [0.2, 0.25) is 0 Å². The number of amidine groups is 2. The summed E-state index contributed by atoms with van der Waals surface area (Å²) in [5.74, 6) is -0.0606. The van der Waals surface area contributed by atoms with Crippen LogP contribution in [0, 0.1) is 6.92 Å². The number of aliphatic imine (C=N–C) groups is 2. The maximum atomic E-state index is 12.8. The Hall–Kier alpha value is -3.82. The van der Waals surface area contributed by atoms with E-state index in [0.717, 1.165) is 12.1 Å². The average molecular weight is 477 g/mol. The van der Waals surface area contributed by atoms with Gasteiger partial charge in [-0.25, -0.2) is 9.79 Å². The zero-order chi connectivity index (χ0) is 25.5. The Labute approximate surface area is 195 Å². The van der Waals surface area contributed by atoms with E-state index in [0.29, 0.717) is 22.6 Å². The lowest BCUT2D eigenvalue weighted by molar-refractivity contribution is -0.152. The van der Waals surface area contributed by atoms with Crippen LogP contribution in [0.5, 0.6) is 11.5 Å². The summed E-state index contributed by atoms with van der Waals surface area (Å²) in [5.41, 5.74) is 4.73. The summed E-state index contributed by atoms with van der Waals surface area (Å²) in [4.78, 5) is 19.7. The third-order valence-electron chi connectivity index (χ3n) is 4.55. The molecule has 0 aliphatic heterocycles. The van der Waals surface area contributed by atoms with Gasteiger partial charge in [-0.3, -0.25) is 4.99 Å². The molecule has 0 aliphatic rings. The lowest BCUT2D eigenvalue weighted by Crippen LogP contribution is -2.38. The molecule has 2 aromatic rings. The highest BCUT2D eigenvalue weighted by Crippen LogP contribution is 2.29. The van der Waals surface area contributed by atoms with E-state index in [1.807, 2.05) is 0 Å². The molecular formula is C24H26F3N3O4. The highest BCUT2D eigenvalue weighted by atomic mass is 19.4. The first-order valence-electron chi connectivity index (χ1n) is 10.2. The number of aryl methyl sites for hydroxylation is 1. The molecule has 0 heterocycles. The number of nitrogens with two attached hydrogens (primary N) is 1. The minimum atomic E-state index is -4.45. The van der Waals surface area contributed by atoms with Gasteiger partial charge >= 0.3 is 12.1 Å². The van der Waals surface area contributed by atoms with Crippen molar-refractivity contribution < 1.29 is 32.5 Å². The summed E-state index contributed by atoms with van der Waals surface area (Å²) in [7, 11) is 0. The number of ether oxygens (including phenoxy) is 2. The van der Waals surface area contributed by atoms with Crippen molar-refractivity contribution in [3.05, 3.63) is 71.8 Å². The van der Waals surface area contributed by atoms with Gasteiger partial charge in [0.15, 0.2) is 11.4 Å². The van der Waals surface area contributed by atoms with Crippen LogP contribution in [-0.2, 0) is 11.0 Å². The first-order valence-corrected chi connectivity index (χ1v) is 10.2. The zero-order valence-corrected chi connectivity index (χ0v) is 19.0. The highest BCUT2D eigenvalue weighted by molar-refractivity contribution is 6.05. The van der Waals surface area contributed by atoms with E-state index < -0.39 is 23.3 Å². The normalized spacial score (nSPS) is 12.9. The first kappa shape index (κ1) is 26.4. The predicted molar refractivity (Wildman–Crippen MR) is 124 cm³/mol. The maximum Gasteiger partial charge on any atom is 0.416 e. The van der Waals surface area contributed by atoms with Crippen LogP contribution in [0.3, 0.4) is 0 Å². The topological polar surface area (TPSA) is 106 Å². The van der Waals surface area contributed by atoms with E-state index in [1.165, 1.54) is 26.0 Å². The monoisotopic (exact) mass is 477 g/mol. The summed E-state index contributed by atoms with van der Waals surface area (Å²) in [6.45, 7) is 8.39. The van der Waals surface area contributed by atoms with E-state index in [2.05, 4.69) is 16.6 Å². The second kappa shape index (κ2) is 10.9. The Bertz CT molecular complexity index is 1090. The largest absolute Gasteiger partial charge is 0.486 e. The highest BCUT2D eigenvalue weighted by Gasteiger charge is 2.30. The molecule has 0 unspecified atom stereocenters. The summed E-state index contributed by atoms with van der Waals surface area (Å²) < 4.78 is 49.6. The average Bonchev–Trinajstić information content (AvgIpc) is 2.76. The number of nitrogens with zero attached hydrogens (tertiary/aromatic N) is 2. The summed E-state index contributed by atoms with van der Waals surface area (Å²) in [6, 6.07) is 9.17. The standard InChI is InChI=1S/C24H26F3N3O4/c1-5-12-29-20(30-21(28)16-6-8-17(9-7-16)24(25,26)27)14-33-18-10-11-19(15(2)13-18)34-23(3,4)22(31)32/h5-11,13H,1,12,14H2,2-4H3,(H,31,32)(H2,28,29,30). The van der Waals surface area contributed by atoms with E-state index in [1.54, 1.807) is 31.2 Å². The van der Waals surface area contributed by atoms with Crippen molar-refractivity contribution in [2.75, 3.05) is 13.2 Å². The Morgan fingerprint density at radius 2 is 1.82 bits per heavy atom. The SMILES string of the molecule is C=CCN=C(COc1ccc(OC(C)(C)C(=O)O)c(C)c1)N=C(N)c1ccc(C(F)(F)F)cc1. The third-order valence-corrected chi connectivity index (χ3v) is 4.55. The minimum Gasteiger partial charge on any atom is -0.486 e. The molecule has 0 bridgehead atoms. The number of hydrogen-bond acceptors (Lipinski definition) is 4. The number of aliphatic carboxylic acids is 1. The van der Waals surface area contributed by atoms with Gasteiger partial charge < -0.3 is 20.3 Å².